The lowest BCUT2D eigenvalue weighted by molar-refractivity contribution is 0.303. The summed E-state index contributed by atoms with van der Waals surface area (Å²) in [6.45, 7) is 2.05. The van der Waals surface area contributed by atoms with Gasteiger partial charge in [-0.05, 0) is 25.0 Å². The molecule has 1 aliphatic rings. The van der Waals surface area contributed by atoms with Gasteiger partial charge >= 0.3 is 5.69 Å². The monoisotopic (exact) mass is 403 g/mol. The van der Waals surface area contributed by atoms with Crippen molar-refractivity contribution in [2.75, 3.05) is 13.1 Å². The summed E-state index contributed by atoms with van der Waals surface area (Å²) in [4.78, 5) is 15.1. The van der Waals surface area contributed by atoms with E-state index in [1.165, 1.54) is 0 Å². The first kappa shape index (κ1) is 14.2. The van der Waals surface area contributed by atoms with Gasteiger partial charge in [-0.3, -0.25) is 4.57 Å². The highest BCUT2D eigenvalue weighted by molar-refractivity contribution is 14.1. The Balaban J connectivity index is 1.90. The second-order valence-electron chi connectivity index (χ2n) is 5.03. The van der Waals surface area contributed by atoms with Crippen LogP contribution in [0.1, 0.15) is 18.9 Å². The lowest BCUT2D eigenvalue weighted by Crippen LogP contribution is -2.31. The Kier molecular flexibility index (Phi) is 4.18. The first-order chi connectivity index (χ1) is 9.63. The lowest BCUT2D eigenvalue weighted by atomic mass is 10.1. The number of nitrogens with one attached hydrogen (secondary N) is 1. The van der Waals surface area contributed by atoms with Crippen LogP contribution in [0.5, 0.6) is 0 Å². The molecule has 1 N–H and O–H groups in total. The molecule has 0 atom stereocenters. The number of nitrogens with zero attached hydrogens (tertiary/aromatic N) is 2. The van der Waals surface area contributed by atoms with Crippen molar-refractivity contribution in [2.24, 2.45) is 0 Å². The Labute approximate surface area is 136 Å². The quantitative estimate of drug-likeness (QED) is 0.616. The zero-order valence-electron chi connectivity index (χ0n) is 10.9. The van der Waals surface area contributed by atoms with Gasteiger partial charge in [-0.2, -0.15) is 0 Å². The second-order valence-corrected chi connectivity index (χ2v) is 6.83. The molecular formula is C14H15ClIN3O. The van der Waals surface area contributed by atoms with Crippen LogP contribution in [0.15, 0.2) is 35.3 Å². The van der Waals surface area contributed by atoms with Crippen molar-refractivity contribution in [3.05, 3.63) is 46.0 Å². The van der Waals surface area contributed by atoms with E-state index in [2.05, 4.69) is 31.0 Å². The molecule has 1 aromatic carbocycles. The molecule has 1 aliphatic heterocycles. The van der Waals surface area contributed by atoms with Crippen molar-refractivity contribution < 1.29 is 0 Å². The summed E-state index contributed by atoms with van der Waals surface area (Å²) in [5.41, 5.74) is 1.74. The highest BCUT2D eigenvalue weighted by Crippen LogP contribution is 2.25. The largest absolute Gasteiger partial charge is 0.326 e. The predicted octanol–water partition coefficient (Wildman–Crippen LogP) is 3.48. The summed E-state index contributed by atoms with van der Waals surface area (Å²) >= 11 is 8.34. The second kappa shape index (κ2) is 5.91. The van der Waals surface area contributed by atoms with Gasteiger partial charge in [-0.15, -0.1) is 0 Å². The molecule has 2 heterocycles. The van der Waals surface area contributed by atoms with Crippen molar-refractivity contribution in [3.63, 3.8) is 0 Å². The maximum Gasteiger partial charge on any atom is 0.326 e. The normalized spacial score (nSPS) is 17.5. The van der Waals surface area contributed by atoms with Crippen LogP contribution >= 0.6 is 34.5 Å². The topological polar surface area (TPSA) is 41.0 Å². The summed E-state index contributed by atoms with van der Waals surface area (Å²) < 4.78 is 4.10. The highest BCUT2D eigenvalue weighted by Gasteiger charge is 2.21. The van der Waals surface area contributed by atoms with Crippen molar-refractivity contribution in [3.8, 4) is 11.3 Å². The van der Waals surface area contributed by atoms with E-state index in [4.69, 9.17) is 11.6 Å². The van der Waals surface area contributed by atoms with Crippen molar-refractivity contribution in [1.82, 2.24) is 12.7 Å². The fourth-order valence-electron chi connectivity index (χ4n) is 2.60. The van der Waals surface area contributed by atoms with Crippen LogP contribution < -0.4 is 5.69 Å². The summed E-state index contributed by atoms with van der Waals surface area (Å²) in [6.07, 6.45) is 3.94. The average molecular weight is 404 g/mol. The minimum absolute atomic E-state index is 0.0353. The van der Waals surface area contributed by atoms with E-state index >= 15 is 0 Å². The molecule has 1 aromatic heterocycles. The molecule has 0 radical (unpaired) electrons. The zero-order chi connectivity index (χ0) is 14.1. The molecule has 2 aromatic rings. The number of rotatable bonds is 2. The van der Waals surface area contributed by atoms with Crippen molar-refractivity contribution >= 4 is 34.5 Å². The van der Waals surface area contributed by atoms with Crippen LogP contribution in [-0.2, 0) is 0 Å². The molecule has 106 valence electrons. The van der Waals surface area contributed by atoms with Crippen LogP contribution in [0.4, 0.5) is 0 Å². The number of hydrogen-bond acceptors (Lipinski definition) is 2. The first-order valence-electron chi connectivity index (χ1n) is 6.61. The molecule has 20 heavy (non-hydrogen) atoms. The minimum Gasteiger partial charge on any atom is -0.306 e. The zero-order valence-corrected chi connectivity index (χ0v) is 13.8. The van der Waals surface area contributed by atoms with Crippen LogP contribution in [0.25, 0.3) is 11.3 Å². The summed E-state index contributed by atoms with van der Waals surface area (Å²) in [5.74, 6) is 0. The summed E-state index contributed by atoms with van der Waals surface area (Å²) in [6, 6.07) is 7.83. The number of imidazole rings is 1. The van der Waals surface area contributed by atoms with E-state index in [0.29, 0.717) is 5.02 Å². The van der Waals surface area contributed by atoms with Gasteiger partial charge in [-0.25, -0.2) is 7.91 Å². The Morgan fingerprint density at radius 3 is 2.75 bits per heavy atom. The fourth-order valence-corrected chi connectivity index (χ4v) is 3.34. The third-order valence-corrected chi connectivity index (χ3v) is 4.88. The molecule has 0 saturated carbocycles. The number of H-pyrrole nitrogens is 1. The number of piperidine rings is 1. The van der Waals surface area contributed by atoms with Gasteiger partial charge in [0.1, 0.15) is 0 Å². The maximum absolute atomic E-state index is 12.1. The Bertz CT molecular complexity index is 658. The summed E-state index contributed by atoms with van der Waals surface area (Å²) in [5, 5.41) is 0.675. The van der Waals surface area contributed by atoms with Crippen LogP contribution in [0.3, 0.4) is 0 Å². The molecule has 0 spiro atoms. The fraction of sp³-hybridized carbons (Fsp3) is 0.357. The predicted molar refractivity (Wildman–Crippen MR) is 89.4 cm³/mol. The molecule has 1 saturated heterocycles. The molecule has 0 amide bonds. The summed E-state index contributed by atoms with van der Waals surface area (Å²) in [7, 11) is 0. The number of benzene rings is 1. The van der Waals surface area contributed by atoms with Gasteiger partial charge in [0.25, 0.3) is 0 Å². The molecule has 4 nitrogen and oxygen atoms in total. The number of halogens is 2. The minimum atomic E-state index is -0.0353. The van der Waals surface area contributed by atoms with Crippen LogP contribution in [-0.4, -0.2) is 25.8 Å². The molecular weight excluding hydrogens is 389 g/mol. The van der Waals surface area contributed by atoms with E-state index in [0.717, 1.165) is 37.2 Å². The van der Waals surface area contributed by atoms with Gasteiger partial charge in [0.15, 0.2) is 0 Å². The van der Waals surface area contributed by atoms with E-state index < -0.39 is 0 Å². The number of hydrogen-bond donors (Lipinski definition) is 1. The van der Waals surface area contributed by atoms with E-state index in [1.54, 1.807) is 0 Å². The maximum atomic E-state index is 12.1. The smallest absolute Gasteiger partial charge is 0.306 e. The van der Waals surface area contributed by atoms with E-state index in [-0.39, 0.29) is 11.7 Å². The standard InChI is InChI=1S/C14H15ClIN3O/c15-11-3-1-2-10(8-11)13-9-19(14(20)17-13)12-4-6-18(16)7-5-12/h1-3,8-9,12H,4-7H2,(H,17,20). The highest BCUT2D eigenvalue weighted by atomic mass is 127. The molecule has 6 heteroatoms. The van der Waals surface area contributed by atoms with E-state index in [9.17, 15) is 4.79 Å². The first-order valence-corrected chi connectivity index (χ1v) is 7.95. The molecule has 1 fully saturated rings. The third-order valence-electron chi connectivity index (χ3n) is 3.68. The Hall–Kier alpha value is -0.790. The van der Waals surface area contributed by atoms with Crippen LogP contribution in [0.2, 0.25) is 5.02 Å². The third kappa shape index (κ3) is 2.94. The lowest BCUT2D eigenvalue weighted by Gasteiger charge is -2.27. The Morgan fingerprint density at radius 2 is 2.05 bits per heavy atom. The SMILES string of the molecule is O=c1[nH]c(-c2cccc(Cl)c2)cn1C1CCN(I)CC1. The molecule has 0 unspecified atom stereocenters. The van der Waals surface area contributed by atoms with Gasteiger partial charge in [0, 0.05) is 58.8 Å². The molecule has 0 bridgehead atoms. The van der Waals surface area contributed by atoms with Gasteiger partial charge in [0.2, 0.25) is 0 Å². The van der Waals surface area contributed by atoms with Crippen molar-refractivity contribution in [2.45, 2.75) is 18.9 Å². The number of aromatic nitrogens is 2. The Morgan fingerprint density at radius 1 is 1.30 bits per heavy atom. The van der Waals surface area contributed by atoms with Gasteiger partial charge in [0.05, 0.1) is 5.69 Å². The van der Waals surface area contributed by atoms with Crippen LogP contribution in [0, 0.1) is 0 Å². The van der Waals surface area contributed by atoms with Crippen molar-refractivity contribution in [1.29, 1.82) is 0 Å². The average Bonchev–Trinajstić information content (AvgIpc) is 2.82. The number of aromatic amines is 1. The molecule has 3 rings (SSSR count). The van der Waals surface area contributed by atoms with Gasteiger partial charge in [-0.1, -0.05) is 23.7 Å². The van der Waals surface area contributed by atoms with Gasteiger partial charge < -0.3 is 4.98 Å². The molecule has 0 aliphatic carbocycles. The van der Waals surface area contributed by atoms with E-state index in [1.807, 2.05) is 35.0 Å².